The van der Waals surface area contributed by atoms with Gasteiger partial charge in [-0.3, -0.25) is 4.68 Å². The molecule has 0 saturated heterocycles. The van der Waals surface area contributed by atoms with Gasteiger partial charge in [0.1, 0.15) is 0 Å². The summed E-state index contributed by atoms with van der Waals surface area (Å²) >= 11 is 0. The van der Waals surface area contributed by atoms with Gasteiger partial charge in [0.2, 0.25) is 0 Å². The maximum Gasteiger partial charge on any atom is 0.0524 e. The molecule has 1 N–H and O–H groups in total. The minimum absolute atomic E-state index is 0.236. The largest absolute Gasteiger partial charge is 0.312 e. The third-order valence-electron chi connectivity index (χ3n) is 3.35. The highest BCUT2D eigenvalue weighted by molar-refractivity contribution is 5.20. The molecule has 0 amide bonds. The molecule has 1 fully saturated rings. The number of hydrogen-bond acceptors (Lipinski definition) is 2. The van der Waals surface area contributed by atoms with Crippen molar-refractivity contribution < 1.29 is 0 Å². The smallest absolute Gasteiger partial charge is 0.0524 e. The third kappa shape index (κ3) is 3.56. The van der Waals surface area contributed by atoms with E-state index in [9.17, 15) is 0 Å². The summed E-state index contributed by atoms with van der Waals surface area (Å²) in [7, 11) is 0. The number of hydrogen-bond donors (Lipinski definition) is 1. The van der Waals surface area contributed by atoms with E-state index in [0.717, 1.165) is 31.3 Å². The second kappa shape index (κ2) is 4.81. The van der Waals surface area contributed by atoms with Gasteiger partial charge in [-0.1, -0.05) is 6.92 Å². The van der Waals surface area contributed by atoms with Crippen LogP contribution in [0.5, 0.6) is 0 Å². The molecule has 1 aliphatic carbocycles. The molecule has 2 unspecified atom stereocenters. The standard InChI is InChI=1S/C14H25N3/c1-5-6-17-10-12(9-16-17)13-7-11(13)8-15-14(2,3)4/h9-11,13,15H,5-8H2,1-4H3. The van der Waals surface area contributed by atoms with Crippen LogP contribution in [0, 0.1) is 5.92 Å². The Morgan fingerprint density at radius 2 is 2.24 bits per heavy atom. The zero-order chi connectivity index (χ0) is 12.5. The molecule has 1 aliphatic rings. The first-order valence-electron chi connectivity index (χ1n) is 6.77. The molecule has 0 bridgehead atoms. The van der Waals surface area contributed by atoms with Crippen molar-refractivity contribution in [2.75, 3.05) is 6.54 Å². The van der Waals surface area contributed by atoms with Crippen LogP contribution in [0.2, 0.25) is 0 Å². The summed E-state index contributed by atoms with van der Waals surface area (Å²) in [5.41, 5.74) is 1.67. The molecule has 2 rings (SSSR count). The molecular formula is C14H25N3. The van der Waals surface area contributed by atoms with Crippen molar-refractivity contribution in [1.82, 2.24) is 15.1 Å². The van der Waals surface area contributed by atoms with Crippen LogP contribution in [0.3, 0.4) is 0 Å². The topological polar surface area (TPSA) is 29.9 Å². The molecule has 0 aromatic carbocycles. The van der Waals surface area contributed by atoms with Gasteiger partial charge in [-0.25, -0.2) is 0 Å². The van der Waals surface area contributed by atoms with E-state index >= 15 is 0 Å². The Kier molecular flexibility index (Phi) is 3.57. The highest BCUT2D eigenvalue weighted by Gasteiger charge is 2.39. The van der Waals surface area contributed by atoms with Gasteiger partial charge in [0.15, 0.2) is 0 Å². The molecule has 1 saturated carbocycles. The summed E-state index contributed by atoms with van der Waals surface area (Å²) < 4.78 is 2.07. The predicted molar refractivity (Wildman–Crippen MR) is 71.1 cm³/mol. The van der Waals surface area contributed by atoms with Crippen molar-refractivity contribution in [3.8, 4) is 0 Å². The van der Waals surface area contributed by atoms with Gasteiger partial charge in [0.05, 0.1) is 6.20 Å². The van der Waals surface area contributed by atoms with Crippen molar-refractivity contribution in [1.29, 1.82) is 0 Å². The van der Waals surface area contributed by atoms with Crippen LogP contribution in [0.25, 0.3) is 0 Å². The summed E-state index contributed by atoms with van der Waals surface area (Å²) in [5.74, 6) is 1.56. The van der Waals surface area contributed by atoms with Gasteiger partial charge in [-0.15, -0.1) is 0 Å². The number of nitrogens with zero attached hydrogens (tertiary/aromatic N) is 2. The highest BCUT2D eigenvalue weighted by atomic mass is 15.3. The lowest BCUT2D eigenvalue weighted by atomic mass is 10.1. The van der Waals surface area contributed by atoms with E-state index < -0.39 is 0 Å². The van der Waals surface area contributed by atoms with Gasteiger partial charge in [0.25, 0.3) is 0 Å². The second-order valence-corrected chi connectivity index (χ2v) is 6.27. The molecule has 96 valence electrons. The number of aryl methyl sites for hydroxylation is 1. The lowest BCUT2D eigenvalue weighted by molar-refractivity contribution is 0.414. The van der Waals surface area contributed by atoms with Crippen LogP contribution in [0.1, 0.15) is 52.0 Å². The minimum Gasteiger partial charge on any atom is -0.312 e. The Hall–Kier alpha value is -0.830. The van der Waals surface area contributed by atoms with Gasteiger partial charge in [-0.2, -0.15) is 5.10 Å². The predicted octanol–water partition coefficient (Wildman–Crippen LogP) is 2.78. The van der Waals surface area contributed by atoms with E-state index in [1.165, 1.54) is 12.0 Å². The van der Waals surface area contributed by atoms with Crippen molar-refractivity contribution in [3.05, 3.63) is 18.0 Å². The van der Waals surface area contributed by atoms with Crippen LogP contribution in [-0.4, -0.2) is 21.9 Å². The van der Waals surface area contributed by atoms with Crippen molar-refractivity contribution >= 4 is 0 Å². The van der Waals surface area contributed by atoms with E-state index in [0.29, 0.717) is 0 Å². The Bertz CT molecular complexity index is 362. The highest BCUT2D eigenvalue weighted by Crippen LogP contribution is 2.46. The third-order valence-corrected chi connectivity index (χ3v) is 3.35. The fourth-order valence-corrected chi connectivity index (χ4v) is 2.24. The summed E-state index contributed by atoms with van der Waals surface area (Å²) in [6, 6.07) is 0. The van der Waals surface area contributed by atoms with Gasteiger partial charge >= 0.3 is 0 Å². The van der Waals surface area contributed by atoms with Gasteiger partial charge in [0, 0.05) is 18.3 Å². The Morgan fingerprint density at radius 3 is 2.88 bits per heavy atom. The fraction of sp³-hybridized carbons (Fsp3) is 0.786. The van der Waals surface area contributed by atoms with Gasteiger partial charge < -0.3 is 5.32 Å². The van der Waals surface area contributed by atoms with Crippen molar-refractivity contribution in [3.63, 3.8) is 0 Å². The quantitative estimate of drug-likeness (QED) is 0.850. The molecule has 3 heteroatoms. The molecule has 2 atom stereocenters. The lowest BCUT2D eigenvalue weighted by Gasteiger charge is -2.20. The summed E-state index contributed by atoms with van der Waals surface area (Å²) in [5, 5.41) is 8.00. The first-order valence-corrected chi connectivity index (χ1v) is 6.77. The average Bonchev–Trinajstić information content (AvgIpc) is 2.87. The lowest BCUT2D eigenvalue weighted by Crippen LogP contribution is -2.37. The first-order chi connectivity index (χ1) is 7.99. The number of nitrogens with one attached hydrogen (secondary N) is 1. The van der Waals surface area contributed by atoms with Gasteiger partial charge in [-0.05, 0) is 57.6 Å². The summed E-state index contributed by atoms with van der Waals surface area (Å²) in [6.07, 6.45) is 6.75. The van der Waals surface area contributed by atoms with E-state index in [2.05, 4.69) is 55.2 Å². The first kappa shape index (κ1) is 12.6. The normalized spacial score (nSPS) is 24.0. The number of rotatable bonds is 5. The van der Waals surface area contributed by atoms with E-state index in [1.807, 2.05) is 0 Å². The molecule has 17 heavy (non-hydrogen) atoms. The zero-order valence-electron chi connectivity index (χ0n) is 11.5. The molecule has 0 aliphatic heterocycles. The van der Waals surface area contributed by atoms with Crippen LogP contribution in [0.4, 0.5) is 0 Å². The summed E-state index contributed by atoms with van der Waals surface area (Å²) in [4.78, 5) is 0. The maximum absolute atomic E-state index is 4.41. The van der Waals surface area contributed by atoms with E-state index in [4.69, 9.17) is 0 Å². The van der Waals surface area contributed by atoms with Crippen LogP contribution < -0.4 is 5.32 Å². The molecular weight excluding hydrogens is 210 g/mol. The average molecular weight is 235 g/mol. The Balaban J connectivity index is 1.81. The van der Waals surface area contributed by atoms with E-state index in [1.54, 1.807) is 0 Å². The molecule has 1 heterocycles. The number of aromatic nitrogens is 2. The SMILES string of the molecule is CCCn1cc(C2CC2CNC(C)(C)C)cn1. The van der Waals surface area contributed by atoms with Crippen LogP contribution >= 0.6 is 0 Å². The zero-order valence-corrected chi connectivity index (χ0v) is 11.5. The second-order valence-electron chi connectivity index (χ2n) is 6.27. The molecule has 3 nitrogen and oxygen atoms in total. The van der Waals surface area contributed by atoms with Crippen molar-refractivity contribution in [2.45, 2.75) is 58.5 Å². The van der Waals surface area contributed by atoms with Crippen molar-refractivity contribution in [2.24, 2.45) is 5.92 Å². The maximum atomic E-state index is 4.41. The molecule has 1 aromatic rings. The molecule has 1 aromatic heterocycles. The minimum atomic E-state index is 0.236. The molecule has 0 spiro atoms. The molecule has 0 radical (unpaired) electrons. The monoisotopic (exact) mass is 235 g/mol. The fourth-order valence-electron chi connectivity index (χ4n) is 2.24. The van der Waals surface area contributed by atoms with Crippen LogP contribution in [0.15, 0.2) is 12.4 Å². The summed E-state index contributed by atoms with van der Waals surface area (Å²) in [6.45, 7) is 11.0. The van der Waals surface area contributed by atoms with Crippen LogP contribution in [-0.2, 0) is 6.54 Å². The van der Waals surface area contributed by atoms with E-state index in [-0.39, 0.29) is 5.54 Å². The Labute approximate surface area is 105 Å². The Morgan fingerprint density at radius 1 is 1.47 bits per heavy atom.